The highest BCUT2D eigenvalue weighted by Gasteiger charge is 2.18. The first kappa shape index (κ1) is 10.5. The Hall–Kier alpha value is -1.01. The summed E-state index contributed by atoms with van der Waals surface area (Å²) in [5.74, 6) is 1.22. The second kappa shape index (κ2) is 4.67. The van der Waals surface area contributed by atoms with Gasteiger partial charge in [0.25, 0.3) is 0 Å². The SMILES string of the molecule is Cc1nsc(NC(=O)CC2CCNC2)n1. The molecule has 2 rings (SSSR count). The Balaban J connectivity index is 1.81. The maximum absolute atomic E-state index is 11.6. The predicted octanol–water partition coefficient (Wildman–Crippen LogP) is 0.785. The molecule has 1 fully saturated rings. The Morgan fingerprint density at radius 3 is 3.20 bits per heavy atom. The van der Waals surface area contributed by atoms with Crippen LogP contribution in [0.1, 0.15) is 18.7 Å². The molecule has 1 aromatic heterocycles. The van der Waals surface area contributed by atoms with Crippen LogP contribution in [0.3, 0.4) is 0 Å². The lowest BCUT2D eigenvalue weighted by atomic mass is 10.1. The van der Waals surface area contributed by atoms with Crippen molar-refractivity contribution in [3.63, 3.8) is 0 Å². The summed E-state index contributed by atoms with van der Waals surface area (Å²) in [5, 5.41) is 6.61. The maximum Gasteiger partial charge on any atom is 0.226 e. The van der Waals surface area contributed by atoms with Gasteiger partial charge in [-0.15, -0.1) is 0 Å². The molecule has 15 heavy (non-hydrogen) atoms. The first-order chi connectivity index (χ1) is 7.24. The first-order valence-electron chi connectivity index (χ1n) is 5.05. The quantitative estimate of drug-likeness (QED) is 0.799. The van der Waals surface area contributed by atoms with E-state index in [0.29, 0.717) is 23.3 Å². The van der Waals surface area contributed by atoms with Gasteiger partial charge in [0.1, 0.15) is 5.82 Å². The monoisotopic (exact) mass is 226 g/mol. The van der Waals surface area contributed by atoms with Gasteiger partial charge < -0.3 is 10.6 Å². The standard InChI is InChI=1S/C9H14N4OS/c1-6-11-9(15-13-6)12-8(14)4-7-2-3-10-5-7/h7,10H,2-5H2,1H3,(H,11,12,13,14). The van der Waals surface area contributed by atoms with Crippen molar-refractivity contribution in [2.75, 3.05) is 18.4 Å². The van der Waals surface area contributed by atoms with Crippen molar-refractivity contribution in [3.05, 3.63) is 5.82 Å². The van der Waals surface area contributed by atoms with E-state index < -0.39 is 0 Å². The van der Waals surface area contributed by atoms with Crippen molar-refractivity contribution in [1.29, 1.82) is 0 Å². The molecule has 82 valence electrons. The molecule has 1 unspecified atom stereocenters. The molecule has 1 amide bonds. The normalized spacial score (nSPS) is 20.5. The number of carbonyl (C=O) groups excluding carboxylic acids is 1. The highest BCUT2D eigenvalue weighted by Crippen LogP contribution is 2.15. The van der Waals surface area contributed by atoms with Gasteiger partial charge >= 0.3 is 0 Å². The van der Waals surface area contributed by atoms with E-state index in [4.69, 9.17) is 0 Å². The van der Waals surface area contributed by atoms with E-state index in [2.05, 4.69) is 20.0 Å². The Morgan fingerprint density at radius 1 is 1.73 bits per heavy atom. The highest BCUT2D eigenvalue weighted by molar-refractivity contribution is 7.09. The Morgan fingerprint density at radius 2 is 2.60 bits per heavy atom. The Labute approximate surface area is 92.5 Å². The van der Waals surface area contributed by atoms with E-state index in [0.717, 1.165) is 19.5 Å². The van der Waals surface area contributed by atoms with E-state index in [1.54, 1.807) is 0 Å². The van der Waals surface area contributed by atoms with Gasteiger partial charge in [0.2, 0.25) is 11.0 Å². The zero-order valence-electron chi connectivity index (χ0n) is 8.62. The van der Waals surface area contributed by atoms with E-state index >= 15 is 0 Å². The molecule has 0 aromatic carbocycles. The van der Waals surface area contributed by atoms with Crippen LogP contribution in [0, 0.1) is 12.8 Å². The molecule has 1 atom stereocenters. The fourth-order valence-corrected chi connectivity index (χ4v) is 2.26. The number of hydrogen-bond acceptors (Lipinski definition) is 5. The van der Waals surface area contributed by atoms with Gasteiger partial charge in [-0.2, -0.15) is 4.37 Å². The molecular weight excluding hydrogens is 212 g/mol. The summed E-state index contributed by atoms with van der Waals surface area (Å²) in [4.78, 5) is 15.7. The second-order valence-electron chi connectivity index (χ2n) is 3.76. The molecule has 1 aliphatic rings. The molecule has 2 heterocycles. The Bertz CT molecular complexity index is 346. The lowest BCUT2D eigenvalue weighted by molar-refractivity contribution is -0.116. The summed E-state index contributed by atoms with van der Waals surface area (Å²) < 4.78 is 4.00. The van der Waals surface area contributed by atoms with Gasteiger partial charge in [-0.25, -0.2) is 4.98 Å². The molecule has 5 nitrogen and oxygen atoms in total. The zero-order chi connectivity index (χ0) is 10.7. The number of aromatic nitrogens is 2. The molecule has 6 heteroatoms. The zero-order valence-corrected chi connectivity index (χ0v) is 9.43. The number of aryl methyl sites for hydroxylation is 1. The number of rotatable bonds is 3. The average Bonchev–Trinajstić information content (AvgIpc) is 2.77. The number of amides is 1. The first-order valence-corrected chi connectivity index (χ1v) is 5.82. The summed E-state index contributed by atoms with van der Waals surface area (Å²) in [6.45, 7) is 3.78. The minimum Gasteiger partial charge on any atom is -0.316 e. The Kier molecular flexibility index (Phi) is 3.27. The van der Waals surface area contributed by atoms with E-state index in [1.165, 1.54) is 11.5 Å². The van der Waals surface area contributed by atoms with E-state index in [-0.39, 0.29) is 5.91 Å². The van der Waals surface area contributed by atoms with Crippen LogP contribution in [-0.2, 0) is 4.79 Å². The fraction of sp³-hybridized carbons (Fsp3) is 0.667. The number of hydrogen-bond donors (Lipinski definition) is 2. The molecule has 1 aliphatic heterocycles. The summed E-state index contributed by atoms with van der Waals surface area (Å²) in [5.41, 5.74) is 0. The molecule has 0 spiro atoms. The highest BCUT2D eigenvalue weighted by atomic mass is 32.1. The third-order valence-corrected chi connectivity index (χ3v) is 3.13. The predicted molar refractivity (Wildman–Crippen MR) is 58.9 cm³/mol. The number of anilines is 1. The molecule has 0 radical (unpaired) electrons. The lowest BCUT2D eigenvalue weighted by Gasteiger charge is -2.06. The third kappa shape index (κ3) is 2.97. The summed E-state index contributed by atoms with van der Waals surface area (Å²) in [6, 6.07) is 0. The van der Waals surface area contributed by atoms with E-state index in [1.807, 2.05) is 6.92 Å². The van der Waals surface area contributed by atoms with Crippen LogP contribution in [0.2, 0.25) is 0 Å². The maximum atomic E-state index is 11.6. The van der Waals surface area contributed by atoms with Crippen molar-refractivity contribution in [2.24, 2.45) is 5.92 Å². The number of carbonyl (C=O) groups is 1. The molecule has 0 aliphatic carbocycles. The van der Waals surface area contributed by atoms with Crippen LogP contribution in [0.15, 0.2) is 0 Å². The van der Waals surface area contributed by atoms with Gasteiger partial charge in [0.15, 0.2) is 0 Å². The summed E-state index contributed by atoms with van der Waals surface area (Å²) in [7, 11) is 0. The molecular formula is C9H14N4OS. The molecule has 0 bridgehead atoms. The third-order valence-electron chi connectivity index (χ3n) is 2.41. The topological polar surface area (TPSA) is 66.9 Å². The lowest BCUT2D eigenvalue weighted by Crippen LogP contribution is -2.18. The molecule has 1 aromatic rings. The summed E-state index contributed by atoms with van der Waals surface area (Å²) >= 11 is 1.23. The van der Waals surface area contributed by atoms with Crippen molar-refractivity contribution < 1.29 is 4.79 Å². The van der Waals surface area contributed by atoms with Crippen LogP contribution in [0.25, 0.3) is 0 Å². The van der Waals surface area contributed by atoms with E-state index in [9.17, 15) is 4.79 Å². The van der Waals surface area contributed by atoms with Crippen molar-refractivity contribution >= 4 is 22.6 Å². The largest absolute Gasteiger partial charge is 0.316 e. The van der Waals surface area contributed by atoms with Gasteiger partial charge in [-0.3, -0.25) is 4.79 Å². The van der Waals surface area contributed by atoms with Gasteiger partial charge in [-0.1, -0.05) is 0 Å². The van der Waals surface area contributed by atoms with Crippen LogP contribution < -0.4 is 10.6 Å². The smallest absolute Gasteiger partial charge is 0.226 e. The number of nitrogens with one attached hydrogen (secondary N) is 2. The van der Waals surface area contributed by atoms with Crippen LogP contribution in [0.4, 0.5) is 5.13 Å². The minimum absolute atomic E-state index is 0.0415. The van der Waals surface area contributed by atoms with Gasteiger partial charge in [-0.05, 0) is 32.4 Å². The summed E-state index contributed by atoms with van der Waals surface area (Å²) in [6.07, 6.45) is 1.66. The van der Waals surface area contributed by atoms with Gasteiger partial charge in [0, 0.05) is 18.0 Å². The van der Waals surface area contributed by atoms with Crippen molar-refractivity contribution in [1.82, 2.24) is 14.7 Å². The fourth-order valence-electron chi connectivity index (χ4n) is 1.67. The van der Waals surface area contributed by atoms with Crippen LogP contribution in [-0.4, -0.2) is 28.4 Å². The molecule has 1 saturated heterocycles. The van der Waals surface area contributed by atoms with Crippen molar-refractivity contribution in [3.8, 4) is 0 Å². The van der Waals surface area contributed by atoms with Crippen LogP contribution >= 0.6 is 11.5 Å². The average molecular weight is 226 g/mol. The van der Waals surface area contributed by atoms with Crippen LogP contribution in [0.5, 0.6) is 0 Å². The number of nitrogens with zero attached hydrogens (tertiary/aromatic N) is 2. The molecule has 0 saturated carbocycles. The van der Waals surface area contributed by atoms with Gasteiger partial charge in [0.05, 0.1) is 0 Å². The molecule has 2 N–H and O–H groups in total. The minimum atomic E-state index is 0.0415. The van der Waals surface area contributed by atoms with Crippen molar-refractivity contribution in [2.45, 2.75) is 19.8 Å². The second-order valence-corrected chi connectivity index (χ2v) is 4.51.